The van der Waals surface area contributed by atoms with Crippen LogP contribution in [0.2, 0.25) is 0 Å². The van der Waals surface area contributed by atoms with Crippen LogP contribution < -0.4 is 5.32 Å². The number of nitrogens with one attached hydrogen (secondary N) is 1. The fourth-order valence-electron chi connectivity index (χ4n) is 3.90. The Morgan fingerprint density at radius 3 is 2.69 bits per heavy atom. The molecular weight excluding hydrogens is 342 g/mol. The molecule has 0 spiro atoms. The fourth-order valence-corrected chi connectivity index (χ4v) is 4.16. The number of thiocarbonyl (C=S) groups is 1. The predicted octanol–water partition coefficient (Wildman–Crippen LogP) is 3.01. The highest BCUT2D eigenvalue weighted by molar-refractivity contribution is 7.80. The molecule has 2 aromatic carbocycles. The largest absolute Gasteiger partial charge is 0.376 e. The van der Waals surface area contributed by atoms with Crippen LogP contribution in [0.4, 0.5) is 0 Å². The van der Waals surface area contributed by atoms with Crippen LogP contribution in [0, 0.1) is 0 Å². The SMILES string of the molecule is S=C(NCC1CCCO1)N1CCN(Cc2cccc3ccccc23)CC1. The molecule has 2 aromatic rings. The van der Waals surface area contributed by atoms with Crippen LogP contribution in [0.15, 0.2) is 42.5 Å². The summed E-state index contributed by atoms with van der Waals surface area (Å²) in [5, 5.41) is 6.97. The van der Waals surface area contributed by atoms with E-state index in [0.29, 0.717) is 6.10 Å². The molecule has 1 N–H and O–H groups in total. The molecule has 2 fully saturated rings. The summed E-state index contributed by atoms with van der Waals surface area (Å²) >= 11 is 5.58. The molecule has 138 valence electrons. The van der Waals surface area contributed by atoms with Crippen molar-refractivity contribution < 1.29 is 4.74 Å². The lowest BCUT2D eigenvalue weighted by Gasteiger charge is -2.36. The van der Waals surface area contributed by atoms with Crippen molar-refractivity contribution in [3.8, 4) is 0 Å². The van der Waals surface area contributed by atoms with Crippen molar-refractivity contribution in [2.75, 3.05) is 39.3 Å². The number of nitrogens with zero attached hydrogens (tertiary/aromatic N) is 2. The molecule has 1 atom stereocenters. The van der Waals surface area contributed by atoms with Crippen molar-refractivity contribution in [2.24, 2.45) is 0 Å². The highest BCUT2D eigenvalue weighted by Crippen LogP contribution is 2.20. The molecule has 0 bridgehead atoms. The molecule has 0 aliphatic carbocycles. The Labute approximate surface area is 161 Å². The third-order valence-corrected chi connectivity index (χ3v) is 5.84. The van der Waals surface area contributed by atoms with E-state index in [1.165, 1.54) is 22.8 Å². The Hall–Kier alpha value is -1.69. The van der Waals surface area contributed by atoms with E-state index in [1.807, 2.05) is 0 Å². The molecule has 0 radical (unpaired) electrons. The molecule has 0 aromatic heterocycles. The van der Waals surface area contributed by atoms with Crippen LogP contribution in [0.5, 0.6) is 0 Å². The van der Waals surface area contributed by atoms with Crippen molar-refractivity contribution in [1.82, 2.24) is 15.1 Å². The van der Waals surface area contributed by atoms with Gasteiger partial charge in [-0.05, 0) is 41.4 Å². The van der Waals surface area contributed by atoms with E-state index >= 15 is 0 Å². The zero-order valence-corrected chi connectivity index (χ0v) is 16.0. The van der Waals surface area contributed by atoms with Gasteiger partial charge in [0.15, 0.2) is 5.11 Å². The normalized spacial score (nSPS) is 21.2. The first-order valence-electron chi connectivity index (χ1n) is 9.63. The van der Waals surface area contributed by atoms with Gasteiger partial charge in [-0.1, -0.05) is 42.5 Å². The van der Waals surface area contributed by atoms with E-state index in [2.05, 4.69) is 57.6 Å². The first-order valence-corrected chi connectivity index (χ1v) is 10.0. The van der Waals surface area contributed by atoms with Crippen LogP contribution >= 0.6 is 12.2 Å². The number of hydrogen-bond acceptors (Lipinski definition) is 3. The Balaban J connectivity index is 1.28. The lowest BCUT2D eigenvalue weighted by molar-refractivity contribution is 0.112. The number of rotatable bonds is 4. The van der Waals surface area contributed by atoms with Crippen LogP contribution in [0.1, 0.15) is 18.4 Å². The molecule has 1 unspecified atom stereocenters. The van der Waals surface area contributed by atoms with E-state index in [0.717, 1.165) is 57.4 Å². The van der Waals surface area contributed by atoms with Crippen molar-refractivity contribution in [3.63, 3.8) is 0 Å². The van der Waals surface area contributed by atoms with Gasteiger partial charge >= 0.3 is 0 Å². The first-order chi connectivity index (χ1) is 12.8. The number of hydrogen-bond donors (Lipinski definition) is 1. The summed E-state index contributed by atoms with van der Waals surface area (Å²) in [6, 6.07) is 15.3. The lowest BCUT2D eigenvalue weighted by atomic mass is 10.0. The predicted molar refractivity (Wildman–Crippen MR) is 110 cm³/mol. The third kappa shape index (κ3) is 4.17. The van der Waals surface area contributed by atoms with Crippen LogP contribution in [0.25, 0.3) is 10.8 Å². The average Bonchev–Trinajstić information content (AvgIpc) is 3.21. The standard InChI is InChI=1S/C21H27N3OS/c26-21(22-15-19-8-4-14-25-19)24-12-10-23(11-13-24)16-18-7-3-6-17-5-1-2-9-20(17)18/h1-3,5-7,9,19H,4,8,10-16H2,(H,22,26). The van der Waals surface area contributed by atoms with Gasteiger partial charge in [0.2, 0.25) is 0 Å². The molecule has 0 saturated carbocycles. The second kappa shape index (κ2) is 8.33. The minimum Gasteiger partial charge on any atom is -0.376 e. The maximum Gasteiger partial charge on any atom is 0.169 e. The summed E-state index contributed by atoms with van der Waals surface area (Å²) in [6.07, 6.45) is 2.65. The van der Waals surface area contributed by atoms with Crippen LogP contribution in [-0.4, -0.2) is 60.3 Å². The van der Waals surface area contributed by atoms with Gasteiger partial charge < -0.3 is 15.0 Å². The van der Waals surface area contributed by atoms with E-state index in [4.69, 9.17) is 17.0 Å². The number of ether oxygens (including phenoxy) is 1. The minimum atomic E-state index is 0.334. The van der Waals surface area contributed by atoms with Crippen molar-refractivity contribution in [3.05, 3.63) is 48.0 Å². The maximum atomic E-state index is 5.66. The van der Waals surface area contributed by atoms with E-state index in [9.17, 15) is 0 Å². The Kier molecular flexibility index (Phi) is 5.68. The molecule has 2 heterocycles. The van der Waals surface area contributed by atoms with Crippen molar-refractivity contribution >= 4 is 28.1 Å². The van der Waals surface area contributed by atoms with Gasteiger partial charge in [0.25, 0.3) is 0 Å². The smallest absolute Gasteiger partial charge is 0.169 e. The van der Waals surface area contributed by atoms with Gasteiger partial charge in [-0.15, -0.1) is 0 Å². The number of benzene rings is 2. The van der Waals surface area contributed by atoms with Crippen LogP contribution in [0.3, 0.4) is 0 Å². The van der Waals surface area contributed by atoms with Gasteiger partial charge in [0.05, 0.1) is 6.10 Å². The molecule has 26 heavy (non-hydrogen) atoms. The van der Waals surface area contributed by atoms with Gasteiger partial charge in [-0.3, -0.25) is 4.90 Å². The molecule has 4 rings (SSSR count). The average molecular weight is 370 g/mol. The highest BCUT2D eigenvalue weighted by Gasteiger charge is 2.21. The van der Waals surface area contributed by atoms with Crippen molar-refractivity contribution in [1.29, 1.82) is 0 Å². The zero-order chi connectivity index (χ0) is 17.8. The van der Waals surface area contributed by atoms with Gasteiger partial charge in [0.1, 0.15) is 0 Å². The van der Waals surface area contributed by atoms with Gasteiger partial charge in [0, 0.05) is 45.9 Å². The van der Waals surface area contributed by atoms with Gasteiger partial charge in [-0.2, -0.15) is 0 Å². The quantitative estimate of drug-likeness (QED) is 0.837. The minimum absolute atomic E-state index is 0.334. The summed E-state index contributed by atoms with van der Waals surface area (Å²) < 4.78 is 5.66. The number of piperazine rings is 1. The molecule has 0 amide bonds. The summed E-state index contributed by atoms with van der Waals surface area (Å²) in [5.74, 6) is 0. The molecule has 2 saturated heterocycles. The monoisotopic (exact) mass is 369 g/mol. The maximum absolute atomic E-state index is 5.66. The summed E-state index contributed by atoms with van der Waals surface area (Å²) in [4.78, 5) is 4.82. The lowest BCUT2D eigenvalue weighted by Crippen LogP contribution is -2.52. The van der Waals surface area contributed by atoms with Crippen molar-refractivity contribution in [2.45, 2.75) is 25.5 Å². The Bertz CT molecular complexity index is 747. The van der Waals surface area contributed by atoms with E-state index in [-0.39, 0.29) is 0 Å². The second-order valence-electron chi connectivity index (χ2n) is 7.22. The van der Waals surface area contributed by atoms with E-state index in [1.54, 1.807) is 0 Å². The second-order valence-corrected chi connectivity index (χ2v) is 7.61. The first kappa shape index (κ1) is 17.7. The zero-order valence-electron chi connectivity index (χ0n) is 15.2. The molecule has 2 aliphatic heterocycles. The summed E-state index contributed by atoms with van der Waals surface area (Å²) in [6.45, 7) is 6.81. The Morgan fingerprint density at radius 1 is 1.08 bits per heavy atom. The molecular formula is C21H27N3OS. The summed E-state index contributed by atoms with van der Waals surface area (Å²) in [7, 11) is 0. The van der Waals surface area contributed by atoms with E-state index < -0.39 is 0 Å². The highest BCUT2D eigenvalue weighted by atomic mass is 32.1. The topological polar surface area (TPSA) is 27.7 Å². The molecule has 5 heteroatoms. The van der Waals surface area contributed by atoms with Gasteiger partial charge in [-0.25, -0.2) is 0 Å². The summed E-state index contributed by atoms with van der Waals surface area (Å²) in [5.41, 5.74) is 1.41. The Morgan fingerprint density at radius 2 is 1.88 bits per heavy atom. The molecule has 4 nitrogen and oxygen atoms in total. The fraction of sp³-hybridized carbons (Fsp3) is 0.476. The molecule has 2 aliphatic rings. The van der Waals surface area contributed by atoms with Crippen LogP contribution in [-0.2, 0) is 11.3 Å². The third-order valence-electron chi connectivity index (χ3n) is 5.44. The number of fused-ring (bicyclic) bond motifs is 1.